The summed E-state index contributed by atoms with van der Waals surface area (Å²) in [5, 5.41) is 0.909. The summed E-state index contributed by atoms with van der Waals surface area (Å²) in [5.41, 5.74) is 8.46. The molecule has 0 saturated heterocycles. The maximum absolute atomic E-state index is 6.53. The van der Waals surface area contributed by atoms with Crippen LogP contribution >= 0.6 is 11.3 Å². The molecule has 0 fully saturated rings. The first-order chi connectivity index (χ1) is 23.8. The van der Waals surface area contributed by atoms with Crippen molar-refractivity contribution in [1.82, 2.24) is 9.97 Å². The van der Waals surface area contributed by atoms with Crippen LogP contribution in [-0.4, -0.2) is 9.97 Å². The van der Waals surface area contributed by atoms with Crippen LogP contribution in [0.15, 0.2) is 164 Å². The second-order valence-corrected chi connectivity index (χ2v) is 12.6. The van der Waals surface area contributed by atoms with E-state index in [-0.39, 0.29) is 21.1 Å². The van der Waals surface area contributed by atoms with Gasteiger partial charge in [0.05, 0.1) is 28.0 Å². The second kappa shape index (κ2) is 12.9. The average molecular weight is 829 g/mol. The van der Waals surface area contributed by atoms with Crippen LogP contribution in [0.3, 0.4) is 0 Å². The second-order valence-electron chi connectivity index (χ2n) is 11.6. The number of nitrogens with zero attached hydrogens (tertiary/aromatic N) is 3. The summed E-state index contributed by atoms with van der Waals surface area (Å²) in [7, 11) is 0. The van der Waals surface area contributed by atoms with Gasteiger partial charge < -0.3 is 9.64 Å². The van der Waals surface area contributed by atoms with Crippen LogP contribution in [0, 0.1) is 12.1 Å². The van der Waals surface area contributed by atoms with E-state index in [0.29, 0.717) is 11.5 Å². The van der Waals surface area contributed by atoms with Gasteiger partial charge >= 0.3 is 21.1 Å². The fourth-order valence-corrected chi connectivity index (χ4v) is 7.80. The summed E-state index contributed by atoms with van der Waals surface area (Å²) >= 11 is 1.65. The summed E-state index contributed by atoms with van der Waals surface area (Å²) in [6.07, 6.45) is 1.87. The molecule has 3 heterocycles. The summed E-state index contributed by atoms with van der Waals surface area (Å²) in [6.45, 7) is 0. The van der Waals surface area contributed by atoms with Gasteiger partial charge in [-0.05, 0) is 59.7 Å². The molecule has 0 radical (unpaired) electrons. The molecule has 0 saturated carbocycles. The van der Waals surface area contributed by atoms with Crippen molar-refractivity contribution >= 4 is 38.6 Å². The molecular formula is C43H27N3OPtS. The predicted molar refractivity (Wildman–Crippen MR) is 194 cm³/mol. The Morgan fingerprint density at radius 1 is 0.592 bits per heavy atom. The van der Waals surface area contributed by atoms with Gasteiger partial charge in [0.2, 0.25) is 0 Å². The number of aromatic nitrogens is 2. The molecule has 49 heavy (non-hydrogen) atoms. The summed E-state index contributed by atoms with van der Waals surface area (Å²) in [5.74, 6) is 1.20. The van der Waals surface area contributed by atoms with Crippen molar-refractivity contribution in [1.29, 1.82) is 0 Å². The van der Waals surface area contributed by atoms with Gasteiger partial charge in [-0.25, -0.2) is 0 Å². The molecule has 0 spiro atoms. The van der Waals surface area contributed by atoms with Crippen LogP contribution in [0.4, 0.5) is 17.1 Å². The van der Waals surface area contributed by atoms with Crippen LogP contribution in [-0.2, 0) is 26.5 Å². The molecule has 1 aliphatic heterocycles. The molecule has 9 rings (SSSR count). The van der Waals surface area contributed by atoms with E-state index >= 15 is 0 Å². The standard InChI is InChI=1S/C43H27N3OS.Pt/c1-2-16-32(17-3-1)46-38-23-7-4-20-35(38)43(41-26-10-11-27-44-41,36-21-5-8-24-39(36)46)31-15-13-19-34(29-31)47-33-18-12-14-30(28-33)42-45-37-22-6-9-25-40(37)48-42;/h1-27H;/q-2;+2. The van der Waals surface area contributed by atoms with Crippen molar-refractivity contribution in [3.8, 4) is 22.1 Å². The molecule has 0 aliphatic carbocycles. The van der Waals surface area contributed by atoms with E-state index in [0.717, 1.165) is 60.2 Å². The molecule has 6 aromatic carbocycles. The number of thiazole rings is 1. The van der Waals surface area contributed by atoms with Crippen LogP contribution < -0.4 is 9.64 Å². The van der Waals surface area contributed by atoms with Crippen molar-refractivity contribution in [3.05, 3.63) is 198 Å². The van der Waals surface area contributed by atoms with Crippen LogP contribution in [0.2, 0.25) is 0 Å². The number of para-hydroxylation sites is 4. The Morgan fingerprint density at radius 2 is 1.24 bits per heavy atom. The van der Waals surface area contributed by atoms with Gasteiger partial charge in [-0.1, -0.05) is 78.9 Å². The Hall–Kier alpha value is -5.35. The van der Waals surface area contributed by atoms with Gasteiger partial charge in [-0.15, -0.1) is 41.5 Å². The summed E-state index contributed by atoms with van der Waals surface area (Å²) < 4.78 is 7.67. The topological polar surface area (TPSA) is 38.2 Å². The van der Waals surface area contributed by atoms with Crippen LogP contribution in [0.1, 0.15) is 22.4 Å². The smallest absolute Gasteiger partial charge is 0.503 e. The molecule has 4 nitrogen and oxygen atoms in total. The minimum absolute atomic E-state index is 0. The number of hydrogen-bond donors (Lipinski definition) is 0. The monoisotopic (exact) mass is 828 g/mol. The van der Waals surface area contributed by atoms with E-state index in [2.05, 4.69) is 120 Å². The van der Waals surface area contributed by atoms with Crippen molar-refractivity contribution in [2.45, 2.75) is 5.41 Å². The minimum atomic E-state index is -0.772. The number of pyridine rings is 1. The molecule has 0 amide bonds. The Labute approximate surface area is 303 Å². The quantitative estimate of drug-likeness (QED) is 0.157. The van der Waals surface area contributed by atoms with E-state index in [1.807, 2.05) is 60.8 Å². The van der Waals surface area contributed by atoms with Gasteiger partial charge in [-0.3, -0.25) is 9.97 Å². The molecule has 8 aromatic rings. The normalized spacial score (nSPS) is 12.9. The number of rotatable bonds is 6. The molecule has 0 bridgehead atoms. The van der Waals surface area contributed by atoms with Crippen molar-refractivity contribution in [3.63, 3.8) is 0 Å². The molecule has 6 heteroatoms. The van der Waals surface area contributed by atoms with E-state index in [9.17, 15) is 0 Å². The van der Waals surface area contributed by atoms with Crippen molar-refractivity contribution < 1.29 is 25.8 Å². The molecule has 0 unspecified atom stereocenters. The summed E-state index contributed by atoms with van der Waals surface area (Å²) in [6, 6.07) is 61.3. The third-order valence-electron chi connectivity index (χ3n) is 8.85. The van der Waals surface area contributed by atoms with E-state index in [1.54, 1.807) is 11.3 Å². The van der Waals surface area contributed by atoms with Gasteiger partial charge in [0, 0.05) is 33.1 Å². The fraction of sp³-hybridized carbons (Fsp3) is 0.0233. The zero-order valence-electron chi connectivity index (χ0n) is 26.1. The summed E-state index contributed by atoms with van der Waals surface area (Å²) in [4.78, 5) is 12.2. The average Bonchev–Trinajstić information content (AvgIpc) is 3.60. The Bertz CT molecular complexity index is 2330. The third kappa shape index (κ3) is 5.27. The van der Waals surface area contributed by atoms with E-state index in [4.69, 9.17) is 14.7 Å². The number of benzene rings is 6. The Kier molecular flexibility index (Phi) is 8.16. The first-order valence-electron chi connectivity index (χ1n) is 15.8. The van der Waals surface area contributed by atoms with Gasteiger partial charge in [0.1, 0.15) is 0 Å². The Balaban J connectivity index is 0.00000348. The maximum Gasteiger partial charge on any atom is 2.00 e. The largest absolute Gasteiger partial charge is 2.00 e. The first-order valence-corrected chi connectivity index (χ1v) is 16.7. The van der Waals surface area contributed by atoms with Gasteiger partial charge in [0.15, 0.2) is 0 Å². The molecule has 2 aromatic heterocycles. The fourth-order valence-electron chi connectivity index (χ4n) is 6.85. The number of fused-ring (bicyclic) bond motifs is 3. The Morgan fingerprint density at radius 3 is 1.98 bits per heavy atom. The number of anilines is 3. The first kappa shape index (κ1) is 30.9. The van der Waals surface area contributed by atoms with Gasteiger partial charge in [-0.2, -0.15) is 23.5 Å². The van der Waals surface area contributed by atoms with E-state index < -0.39 is 5.41 Å². The molecule has 0 N–H and O–H groups in total. The van der Waals surface area contributed by atoms with Crippen LogP contribution in [0.5, 0.6) is 11.5 Å². The maximum atomic E-state index is 6.53. The number of hydrogen-bond acceptors (Lipinski definition) is 5. The zero-order valence-corrected chi connectivity index (χ0v) is 29.2. The van der Waals surface area contributed by atoms with Crippen molar-refractivity contribution in [2.75, 3.05) is 4.90 Å². The molecule has 1 aliphatic rings. The van der Waals surface area contributed by atoms with E-state index in [1.165, 1.54) is 0 Å². The third-order valence-corrected chi connectivity index (χ3v) is 9.92. The molecule has 0 atom stereocenters. The molecule has 236 valence electrons. The predicted octanol–water partition coefficient (Wildman–Crippen LogP) is 10.9. The van der Waals surface area contributed by atoms with Gasteiger partial charge in [0.25, 0.3) is 0 Å². The zero-order chi connectivity index (χ0) is 31.9. The number of ether oxygens (including phenoxy) is 1. The molecular weight excluding hydrogens is 802 g/mol. The minimum Gasteiger partial charge on any atom is -0.503 e. The van der Waals surface area contributed by atoms with Crippen LogP contribution in [0.25, 0.3) is 20.8 Å². The SMILES string of the molecule is [Pt+2].[c-]1c(Oc2[c-]c(C3(c4ccccn4)c4ccccc4N(c4ccccc4)c4ccccc43)ccc2)cccc1-c1nc2ccccc2s1. The van der Waals surface area contributed by atoms with Crippen molar-refractivity contribution in [2.24, 2.45) is 0 Å².